The van der Waals surface area contributed by atoms with Gasteiger partial charge in [0.1, 0.15) is 12.6 Å². The molecule has 0 aliphatic carbocycles. The van der Waals surface area contributed by atoms with Gasteiger partial charge in [-0.25, -0.2) is 9.59 Å². The van der Waals surface area contributed by atoms with E-state index in [1.807, 2.05) is 62.4 Å². The van der Waals surface area contributed by atoms with E-state index >= 15 is 0 Å². The predicted octanol–water partition coefficient (Wildman–Crippen LogP) is 2.18. The van der Waals surface area contributed by atoms with Gasteiger partial charge in [0.2, 0.25) is 5.91 Å². The number of carbonyl (C=O) groups excluding carboxylic acids is 3. The fourth-order valence-electron chi connectivity index (χ4n) is 3.23. The van der Waals surface area contributed by atoms with Crippen molar-refractivity contribution >= 4 is 18.0 Å². The maximum atomic E-state index is 12.4. The van der Waals surface area contributed by atoms with Crippen molar-refractivity contribution < 1.29 is 29.0 Å². The Labute approximate surface area is 187 Å². The number of aliphatic hydroxyl groups is 1. The number of aryl methyl sites for hydroxylation is 2. The van der Waals surface area contributed by atoms with Crippen LogP contribution < -0.4 is 10.6 Å². The molecule has 8 heteroatoms. The lowest BCUT2D eigenvalue weighted by Gasteiger charge is -2.20. The number of hydrogen-bond acceptors (Lipinski definition) is 6. The molecule has 32 heavy (non-hydrogen) atoms. The summed E-state index contributed by atoms with van der Waals surface area (Å²) in [5.74, 6) is -1.10. The topological polar surface area (TPSA) is 114 Å². The number of rotatable bonds is 10. The molecule has 0 unspecified atom stereocenters. The monoisotopic (exact) mass is 442 g/mol. The molecular formula is C24H30N2O6. The number of aliphatic hydroxyl groups excluding tert-OH is 1. The molecule has 0 radical (unpaired) electrons. The van der Waals surface area contributed by atoms with Crippen LogP contribution in [0.4, 0.5) is 4.79 Å². The highest BCUT2D eigenvalue weighted by Gasteiger charge is 2.24. The molecule has 0 fully saturated rings. The predicted molar refractivity (Wildman–Crippen MR) is 119 cm³/mol. The summed E-state index contributed by atoms with van der Waals surface area (Å²) >= 11 is 0. The van der Waals surface area contributed by atoms with Gasteiger partial charge in [0.25, 0.3) is 0 Å². The van der Waals surface area contributed by atoms with Gasteiger partial charge in [-0.15, -0.1) is 0 Å². The van der Waals surface area contributed by atoms with Crippen LogP contribution in [0.15, 0.2) is 48.5 Å². The summed E-state index contributed by atoms with van der Waals surface area (Å²) in [7, 11) is 1.26. The quantitative estimate of drug-likeness (QED) is 0.486. The van der Waals surface area contributed by atoms with Crippen molar-refractivity contribution in [1.82, 2.24) is 10.6 Å². The molecule has 0 heterocycles. The van der Waals surface area contributed by atoms with E-state index in [4.69, 9.17) is 9.47 Å². The Hall–Kier alpha value is -3.39. The van der Waals surface area contributed by atoms with Gasteiger partial charge in [-0.05, 0) is 36.1 Å². The van der Waals surface area contributed by atoms with Crippen LogP contribution in [0.2, 0.25) is 0 Å². The lowest BCUT2D eigenvalue weighted by Crippen LogP contribution is -2.45. The SMILES string of the molecule is COC(=O)[C@H](Cc1c(C)cccc1C)NC(=O)C[C@H](O)CNC(=O)OCc1ccccc1. The molecular weight excluding hydrogens is 412 g/mol. The molecule has 0 aliphatic rings. The van der Waals surface area contributed by atoms with Crippen molar-refractivity contribution in [3.05, 3.63) is 70.8 Å². The summed E-state index contributed by atoms with van der Waals surface area (Å²) in [6.07, 6.45) is -1.86. The van der Waals surface area contributed by atoms with Crippen LogP contribution in [0.1, 0.15) is 28.7 Å². The van der Waals surface area contributed by atoms with Gasteiger partial charge < -0.3 is 25.2 Å². The van der Waals surface area contributed by atoms with Crippen molar-refractivity contribution in [2.45, 2.75) is 45.4 Å². The third-order valence-electron chi connectivity index (χ3n) is 4.99. The second-order valence-corrected chi connectivity index (χ2v) is 7.52. The number of nitrogens with one attached hydrogen (secondary N) is 2. The van der Waals surface area contributed by atoms with E-state index in [9.17, 15) is 19.5 Å². The standard InChI is InChI=1S/C24H30N2O6/c1-16-8-7-9-17(2)20(16)13-21(23(29)31-3)26-22(28)12-19(27)14-25-24(30)32-15-18-10-5-4-6-11-18/h4-11,19,21,27H,12-15H2,1-3H3,(H,25,30)(H,26,28)/t19-,21-/m0/s1. The highest BCUT2D eigenvalue weighted by molar-refractivity contribution is 5.85. The first-order chi connectivity index (χ1) is 15.3. The molecule has 0 spiro atoms. The van der Waals surface area contributed by atoms with Gasteiger partial charge >= 0.3 is 12.1 Å². The van der Waals surface area contributed by atoms with Crippen molar-refractivity contribution in [3.63, 3.8) is 0 Å². The van der Waals surface area contributed by atoms with Crippen LogP contribution in [0.25, 0.3) is 0 Å². The van der Waals surface area contributed by atoms with E-state index < -0.39 is 30.1 Å². The van der Waals surface area contributed by atoms with Crippen LogP contribution in [-0.2, 0) is 32.1 Å². The summed E-state index contributed by atoms with van der Waals surface area (Å²) in [5.41, 5.74) is 3.80. The Balaban J connectivity index is 1.82. The highest BCUT2D eigenvalue weighted by atomic mass is 16.5. The minimum absolute atomic E-state index is 0.0996. The summed E-state index contributed by atoms with van der Waals surface area (Å²) < 4.78 is 9.88. The molecule has 2 aromatic carbocycles. The van der Waals surface area contributed by atoms with E-state index in [1.54, 1.807) is 0 Å². The molecule has 0 saturated heterocycles. The lowest BCUT2D eigenvalue weighted by molar-refractivity contribution is -0.145. The van der Waals surface area contributed by atoms with Crippen molar-refractivity contribution in [3.8, 4) is 0 Å². The Bertz CT molecular complexity index is 896. The zero-order chi connectivity index (χ0) is 23.5. The fourth-order valence-corrected chi connectivity index (χ4v) is 3.23. The Morgan fingerprint density at radius 2 is 1.66 bits per heavy atom. The number of benzene rings is 2. The summed E-state index contributed by atoms with van der Waals surface area (Å²) in [5, 5.41) is 15.1. The number of amides is 2. The first-order valence-corrected chi connectivity index (χ1v) is 10.3. The van der Waals surface area contributed by atoms with Gasteiger partial charge in [-0.1, -0.05) is 48.5 Å². The van der Waals surface area contributed by atoms with Crippen LogP contribution >= 0.6 is 0 Å². The molecule has 2 rings (SSSR count). The van der Waals surface area contributed by atoms with Crippen molar-refractivity contribution in [2.75, 3.05) is 13.7 Å². The largest absolute Gasteiger partial charge is 0.467 e. The van der Waals surface area contributed by atoms with Crippen LogP contribution in [0.3, 0.4) is 0 Å². The molecule has 172 valence electrons. The molecule has 0 aliphatic heterocycles. The minimum atomic E-state index is -1.14. The average molecular weight is 443 g/mol. The lowest BCUT2D eigenvalue weighted by atomic mass is 9.96. The Morgan fingerprint density at radius 3 is 2.28 bits per heavy atom. The van der Waals surface area contributed by atoms with E-state index in [0.717, 1.165) is 22.3 Å². The second-order valence-electron chi connectivity index (χ2n) is 7.52. The number of alkyl carbamates (subject to hydrolysis) is 1. The minimum Gasteiger partial charge on any atom is -0.467 e. The maximum absolute atomic E-state index is 12.4. The third kappa shape index (κ3) is 8.03. The summed E-state index contributed by atoms with van der Waals surface area (Å²) in [4.78, 5) is 36.3. The first-order valence-electron chi connectivity index (χ1n) is 10.3. The number of carbonyl (C=O) groups is 3. The average Bonchev–Trinajstić information content (AvgIpc) is 2.78. The molecule has 2 atom stereocenters. The van der Waals surface area contributed by atoms with Crippen molar-refractivity contribution in [1.29, 1.82) is 0 Å². The number of ether oxygens (including phenoxy) is 2. The van der Waals surface area contributed by atoms with Gasteiger partial charge in [-0.3, -0.25) is 4.79 Å². The van der Waals surface area contributed by atoms with E-state index in [0.29, 0.717) is 0 Å². The third-order valence-corrected chi connectivity index (χ3v) is 4.99. The van der Waals surface area contributed by atoms with Gasteiger partial charge in [0.15, 0.2) is 0 Å². The van der Waals surface area contributed by atoms with Crippen LogP contribution in [-0.4, -0.2) is 48.9 Å². The molecule has 2 amide bonds. The van der Waals surface area contributed by atoms with Crippen LogP contribution in [0.5, 0.6) is 0 Å². The van der Waals surface area contributed by atoms with Gasteiger partial charge in [-0.2, -0.15) is 0 Å². The zero-order valence-corrected chi connectivity index (χ0v) is 18.6. The molecule has 0 bridgehead atoms. The first kappa shape index (κ1) is 24.9. The molecule has 0 aromatic heterocycles. The normalized spacial score (nSPS) is 12.4. The Morgan fingerprint density at radius 1 is 1.00 bits per heavy atom. The van der Waals surface area contributed by atoms with Crippen molar-refractivity contribution in [2.24, 2.45) is 0 Å². The second kappa shape index (κ2) is 12.5. The number of hydrogen-bond donors (Lipinski definition) is 3. The molecule has 8 nitrogen and oxygen atoms in total. The van der Waals surface area contributed by atoms with Gasteiger partial charge in [0, 0.05) is 13.0 Å². The van der Waals surface area contributed by atoms with E-state index in [-0.39, 0.29) is 26.0 Å². The Kier molecular flexibility index (Phi) is 9.69. The smallest absolute Gasteiger partial charge is 0.407 e. The van der Waals surface area contributed by atoms with Gasteiger partial charge in [0.05, 0.1) is 19.6 Å². The highest BCUT2D eigenvalue weighted by Crippen LogP contribution is 2.16. The molecule has 0 saturated carbocycles. The fraction of sp³-hybridized carbons (Fsp3) is 0.375. The maximum Gasteiger partial charge on any atom is 0.407 e. The summed E-state index contributed by atoms with van der Waals surface area (Å²) in [6, 6.07) is 14.1. The van der Waals surface area contributed by atoms with E-state index in [2.05, 4.69) is 10.6 Å². The molecule has 3 N–H and O–H groups in total. The zero-order valence-electron chi connectivity index (χ0n) is 18.6. The number of esters is 1. The van der Waals surface area contributed by atoms with E-state index in [1.165, 1.54) is 7.11 Å². The number of methoxy groups -OCH3 is 1. The van der Waals surface area contributed by atoms with Crippen LogP contribution in [0, 0.1) is 13.8 Å². The summed E-state index contributed by atoms with van der Waals surface area (Å²) in [6.45, 7) is 3.80. The molecule has 2 aromatic rings.